The number of benzene rings is 1. The molecule has 2 heterocycles. The summed E-state index contributed by atoms with van der Waals surface area (Å²) in [4.78, 5) is 15.4. The number of ether oxygens (including phenoxy) is 2. The van der Waals surface area contributed by atoms with Crippen LogP contribution in [0, 0.1) is 11.8 Å². The summed E-state index contributed by atoms with van der Waals surface area (Å²) in [6.07, 6.45) is 3.74. The van der Waals surface area contributed by atoms with E-state index in [9.17, 15) is 4.79 Å². The number of nitrogen functional groups attached to an aromatic ring is 1. The van der Waals surface area contributed by atoms with E-state index in [-0.39, 0.29) is 24.7 Å². The quantitative estimate of drug-likeness (QED) is 0.581. The van der Waals surface area contributed by atoms with E-state index in [1.165, 1.54) is 0 Å². The van der Waals surface area contributed by atoms with Crippen LogP contribution in [-0.4, -0.2) is 55.8 Å². The first-order chi connectivity index (χ1) is 13.4. The zero-order valence-corrected chi connectivity index (χ0v) is 17.4. The maximum Gasteiger partial charge on any atom is 0.255 e. The molecule has 7 heteroatoms. The van der Waals surface area contributed by atoms with Crippen molar-refractivity contribution in [1.29, 1.82) is 0 Å². The van der Waals surface area contributed by atoms with Crippen LogP contribution in [0.15, 0.2) is 12.1 Å². The molecule has 0 spiro atoms. The number of hydrogen-bond acceptors (Lipinski definition) is 5. The SMILES string of the molecule is CCC#CCOc1cc(N)c(Cl)cc1C(=O)NC1CC2C[C@@H](OC)C(C1)N2C. The van der Waals surface area contributed by atoms with Gasteiger partial charge in [-0.05, 0) is 32.4 Å². The molecule has 1 amide bonds. The lowest BCUT2D eigenvalue weighted by Gasteiger charge is -2.37. The number of halogens is 1. The van der Waals surface area contributed by atoms with Gasteiger partial charge in [-0.15, -0.1) is 5.92 Å². The van der Waals surface area contributed by atoms with Gasteiger partial charge in [-0.1, -0.05) is 24.4 Å². The van der Waals surface area contributed by atoms with E-state index >= 15 is 0 Å². The van der Waals surface area contributed by atoms with Gasteiger partial charge >= 0.3 is 0 Å². The van der Waals surface area contributed by atoms with E-state index in [1.807, 2.05) is 6.92 Å². The number of nitrogens with two attached hydrogens (primary N) is 1. The van der Waals surface area contributed by atoms with E-state index in [1.54, 1.807) is 19.2 Å². The lowest BCUT2D eigenvalue weighted by molar-refractivity contribution is 0.0524. The van der Waals surface area contributed by atoms with Crippen LogP contribution in [0.2, 0.25) is 5.02 Å². The number of piperidine rings is 1. The van der Waals surface area contributed by atoms with Crippen LogP contribution in [0.25, 0.3) is 0 Å². The van der Waals surface area contributed by atoms with Gasteiger partial charge in [0.05, 0.1) is 22.4 Å². The van der Waals surface area contributed by atoms with Gasteiger partial charge in [0.25, 0.3) is 5.91 Å². The molecule has 3 unspecified atom stereocenters. The van der Waals surface area contributed by atoms with Gasteiger partial charge in [0.2, 0.25) is 0 Å². The molecular formula is C21H28ClN3O3. The van der Waals surface area contributed by atoms with Crippen LogP contribution in [0.3, 0.4) is 0 Å². The predicted molar refractivity (Wildman–Crippen MR) is 111 cm³/mol. The van der Waals surface area contributed by atoms with Crippen molar-refractivity contribution in [3.63, 3.8) is 0 Å². The third-order valence-electron chi connectivity index (χ3n) is 5.70. The first-order valence-electron chi connectivity index (χ1n) is 9.67. The lowest BCUT2D eigenvalue weighted by atomic mass is 9.97. The average molecular weight is 406 g/mol. The highest BCUT2D eigenvalue weighted by molar-refractivity contribution is 6.33. The van der Waals surface area contributed by atoms with Gasteiger partial charge in [-0.3, -0.25) is 9.69 Å². The van der Waals surface area contributed by atoms with Crippen LogP contribution in [-0.2, 0) is 4.74 Å². The lowest BCUT2D eigenvalue weighted by Crippen LogP contribution is -2.50. The van der Waals surface area contributed by atoms with Crippen molar-refractivity contribution >= 4 is 23.2 Å². The molecule has 0 aliphatic carbocycles. The highest BCUT2D eigenvalue weighted by Crippen LogP contribution is 2.36. The Bertz CT molecular complexity index is 789. The molecule has 3 rings (SSSR count). The third kappa shape index (κ3) is 4.38. The zero-order chi connectivity index (χ0) is 20.3. The summed E-state index contributed by atoms with van der Waals surface area (Å²) in [5.41, 5.74) is 6.65. The number of fused-ring (bicyclic) bond motifs is 2. The number of nitrogens with one attached hydrogen (secondary N) is 1. The van der Waals surface area contributed by atoms with Crippen LogP contribution in [0.4, 0.5) is 5.69 Å². The van der Waals surface area contributed by atoms with Crippen LogP contribution in [0.5, 0.6) is 5.75 Å². The molecule has 2 fully saturated rings. The van der Waals surface area contributed by atoms with Crippen molar-refractivity contribution in [2.75, 3.05) is 26.5 Å². The number of rotatable bonds is 5. The summed E-state index contributed by atoms with van der Waals surface area (Å²) >= 11 is 6.16. The second-order valence-corrected chi connectivity index (χ2v) is 7.81. The Morgan fingerprint density at radius 3 is 2.86 bits per heavy atom. The molecule has 28 heavy (non-hydrogen) atoms. The Kier molecular flexibility index (Phi) is 6.71. The van der Waals surface area contributed by atoms with E-state index < -0.39 is 0 Å². The Balaban J connectivity index is 1.72. The molecule has 1 aromatic rings. The molecule has 4 atom stereocenters. The monoisotopic (exact) mass is 405 g/mol. The third-order valence-corrected chi connectivity index (χ3v) is 6.03. The smallest absolute Gasteiger partial charge is 0.255 e. The Morgan fingerprint density at radius 2 is 2.14 bits per heavy atom. The second-order valence-electron chi connectivity index (χ2n) is 7.40. The maximum atomic E-state index is 13.0. The Labute approximate surface area is 171 Å². The van der Waals surface area contributed by atoms with Crippen LogP contribution in [0.1, 0.15) is 43.0 Å². The average Bonchev–Trinajstić information content (AvgIpc) is 2.85. The summed E-state index contributed by atoms with van der Waals surface area (Å²) in [5, 5.41) is 3.49. The van der Waals surface area contributed by atoms with Crippen LogP contribution >= 0.6 is 11.6 Å². The molecule has 152 valence electrons. The summed E-state index contributed by atoms with van der Waals surface area (Å²) < 4.78 is 11.3. The zero-order valence-electron chi connectivity index (χ0n) is 16.6. The van der Waals surface area contributed by atoms with E-state index in [0.717, 1.165) is 25.7 Å². The minimum atomic E-state index is -0.205. The van der Waals surface area contributed by atoms with Crippen LogP contribution < -0.4 is 15.8 Å². The number of likely N-dealkylation sites (N-methyl/N-ethyl adjacent to an activating group) is 1. The standard InChI is InChI=1S/C21H28ClN3O3/c1-4-5-6-7-28-19-12-17(23)16(22)11-15(19)21(26)24-13-8-14-10-20(27-3)18(9-13)25(14)2/h11-14,18,20H,4,7-10,23H2,1-3H3,(H,24,26)/t13?,14?,18?,20-/m1/s1. The van der Waals surface area contributed by atoms with Gasteiger partial charge in [0.15, 0.2) is 0 Å². The van der Waals surface area contributed by atoms with E-state index in [0.29, 0.717) is 34.1 Å². The molecule has 2 saturated heterocycles. The van der Waals surface area contributed by atoms with E-state index in [2.05, 4.69) is 29.1 Å². The molecular weight excluding hydrogens is 378 g/mol. The van der Waals surface area contributed by atoms with Crippen molar-refractivity contribution in [3.05, 3.63) is 22.7 Å². The molecule has 2 bridgehead atoms. The summed E-state index contributed by atoms with van der Waals surface area (Å²) in [6.45, 7) is 2.16. The fourth-order valence-electron chi connectivity index (χ4n) is 4.21. The van der Waals surface area contributed by atoms with Gasteiger partial charge in [-0.2, -0.15) is 0 Å². The van der Waals surface area contributed by atoms with Crippen molar-refractivity contribution in [1.82, 2.24) is 10.2 Å². The van der Waals surface area contributed by atoms with Crippen molar-refractivity contribution < 1.29 is 14.3 Å². The number of anilines is 1. The number of hydrogen-bond donors (Lipinski definition) is 2. The number of carbonyl (C=O) groups is 1. The van der Waals surface area contributed by atoms with Gasteiger partial charge < -0.3 is 20.5 Å². The van der Waals surface area contributed by atoms with Gasteiger partial charge in [0, 0.05) is 37.7 Å². The maximum absolute atomic E-state index is 13.0. The largest absolute Gasteiger partial charge is 0.480 e. The fourth-order valence-corrected chi connectivity index (χ4v) is 4.38. The molecule has 1 aromatic carbocycles. The summed E-state index contributed by atoms with van der Waals surface area (Å²) in [6, 6.07) is 3.98. The minimum Gasteiger partial charge on any atom is -0.480 e. The van der Waals surface area contributed by atoms with Crippen molar-refractivity contribution in [3.8, 4) is 17.6 Å². The fraction of sp³-hybridized carbons (Fsp3) is 0.571. The highest BCUT2D eigenvalue weighted by atomic mass is 35.5. The van der Waals surface area contributed by atoms with Gasteiger partial charge in [0.1, 0.15) is 12.4 Å². The molecule has 3 N–H and O–H groups in total. The highest BCUT2D eigenvalue weighted by Gasteiger charge is 2.45. The Morgan fingerprint density at radius 1 is 1.36 bits per heavy atom. The minimum absolute atomic E-state index is 0.0860. The van der Waals surface area contributed by atoms with E-state index in [4.69, 9.17) is 26.8 Å². The van der Waals surface area contributed by atoms with Gasteiger partial charge in [-0.25, -0.2) is 0 Å². The van der Waals surface area contributed by atoms with Crippen molar-refractivity contribution in [2.45, 2.75) is 56.8 Å². The molecule has 2 aliphatic heterocycles. The predicted octanol–water partition coefficient (Wildman–Crippen LogP) is 2.69. The molecule has 0 aromatic heterocycles. The number of nitrogens with zero attached hydrogens (tertiary/aromatic N) is 1. The molecule has 6 nitrogen and oxygen atoms in total. The molecule has 2 aliphatic rings. The summed E-state index contributed by atoms with van der Waals surface area (Å²) in [5.74, 6) is 6.04. The molecule has 0 radical (unpaired) electrons. The van der Waals surface area contributed by atoms with Crippen molar-refractivity contribution in [2.24, 2.45) is 0 Å². The second kappa shape index (κ2) is 9.04. The number of amides is 1. The number of carbonyl (C=O) groups excluding carboxylic acids is 1. The molecule has 0 saturated carbocycles. The first kappa shape index (κ1) is 20.8. The normalized spacial score (nSPS) is 26.4. The summed E-state index contributed by atoms with van der Waals surface area (Å²) in [7, 11) is 3.89. The first-order valence-corrected chi connectivity index (χ1v) is 10.1. The Hall–Kier alpha value is -1.94. The number of methoxy groups -OCH3 is 1. The topological polar surface area (TPSA) is 76.8 Å².